The SMILES string of the molecule is Cc1nnc(C2(CCN)c3ccccc3Cc3ccccc32)o1. The average molecular weight is 305 g/mol. The zero-order valence-corrected chi connectivity index (χ0v) is 13.1. The number of aromatic nitrogens is 2. The van der Waals surface area contributed by atoms with Gasteiger partial charge in [-0.1, -0.05) is 48.5 Å². The van der Waals surface area contributed by atoms with E-state index in [2.05, 4.69) is 58.7 Å². The molecule has 2 aromatic carbocycles. The first-order valence-electron chi connectivity index (χ1n) is 7.93. The summed E-state index contributed by atoms with van der Waals surface area (Å²) in [5, 5.41) is 8.46. The number of hydrogen-bond acceptors (Lipinski definition) is 4. The van der Waals surface area contributed by atoms with E-state index in [4.69, 9.17) is 10.2 Å². The lowest BCUT2D eigenvalue weighted by Gasteiger charge is -2.38. The van der Waals surface area contributed by atoms with Crippen LogP contribution in [0.5, 0.6) is 0 Å². The predicted octanol–water partition coefficient (Wildman–Crippen LogP) is 2.97. The highest BCUT2D eigenvalue weighted by Gasteiger charge is 2.45. The Morgan fingerprint density at radius 2 is 1.61 bits per heavy atom. The fourth-order valence-electron chi connectivity index (χ4n) is 3.82. The van der Waals surface area contributed by atoms with Crippen LogP contribution in [0, 0.1) is 6.92 Å². The summed E-state index contributed by atoms with van der Waals surface area (Å²) >= 11 is 0. The molecule has 23 heavy (non-hydrogen) atoms. The average Bonchev–Trinajstić information content (AvgIpc) is 3.01. The van der Waals surface area contributed by atoms with Crippen LogP contribution in [0.2, 0.25) is 0 Å². The van der Waals surface area contributed by atoms with Crippen molar-refractivity contribution in [3.63, 3.8) is 0 Å². The number of rotatable bonds is 3. The molecule has 0 unspecified atom stereocenters. The highest BCUT2D eigenvalue weighted by molar-refractivity contribution is 5.57. The molecule has 0 saturated carbocycles. The second-order valence-corrected chi connectivity index (χ2v) is 6.06. The van der Waals surface area contributed by atoms with Crippen LogP contribution in [0.3, 0.4) is 0 Å². The molecule has 1 aliphatic rings. The molecule has 0 bridgehead atoms. The summed E-state index contributed by atoms with van der Waals surface area (Å²) in [6.45, 7) is 2.37. The van der Waals surface area contributed by atoms with Crippen LogP contribution in [-0.2, 0) is 11.8 Å². The van der Waals surface area contributed by atoms with E-state index >= 15 is 0 Å². The maximum atomic E-state index is 6.01. The Kier molecular flexibility index (Phi) is 3.27. The summed E-state index contributed by atoms with van der Waals surface area (Å²) in [4.78, 5) is 0. The largest absolute Gasteiger partial charge is 0.424 e. The normalized spacial score (nSPS) is 15.0. The summed E-state index contributed by atoms with van der Waals surface area (Å²) in [5.74, 6) is 1.22. The summed E-state index contributed by atoms with van der Waals surface area (Å²) in [6, 6.07) is 17.0. The number of benzene rings is 2. The Labute approximate surface area is 135 Å². The van der Waals surface area contributed by atoms with E-state index < -0.39 is 5.41 Å². The molecule has 1 aromatic heterocycles. The van der Waals surface area contributed by atoms with Crippen LogP contribution in [0.25, 0.3) is 0 Å². The molecular weight excluding hydrogens is 286 g/mol. The van der Waals surface area contributed by atoms with Gasteiger partial charge in [0.05, 0.1) is 0 Å². The maximum Gasteiger partial charge on any atom is 0.231 e. The monoisotopic (exact) mass is 305 g/mol. The predicted molar refractivity (Wildman–Crippen MR) is 88.3 cm³/mol. The van der Waals surface area contributed by atoms with Crippen molar-refractivity contribution in [1.82, 2.24) is 10.2 Å². The first kappa shape index (κ1) is 14.2. The molecule has 1 aliphatic carbocycles. The molecule has 116 valence electrons. The summed E-state index contributed by atoms with van der Waals surface area (Å²) in [7, 11) is 0. The maximum absolute atomic E-state index is 6.01. The van der Waals surface area contributed by atoms with E-state index in [9.17, 15) is 0 Å². The van der Waals surface area contributed by atoms with Crippen LogP contribution in [0.15, 0.2) is 52.9 Å². The van der Waals surface area contributed by atoms with Crippen LogP contribution < -0.4 is 5.73 Å². The summed E-state index contributed by atoms with van der Waals surface area (Å²) < 4.78 is 5.91. The molecule has 2 N–H and O–H groups in total. The number of nitrogens with two attached hydrogens (primary N) is 1. The van der Waals surface area contributed by atoms with Crippen LogP contribution in [0.4, 0.5) is 0 Å². The van der Waals surface area contributed by atoms with Gasteiger partial charge in [0.1, 0.15) is 5.41 Å². The lowest BCUT2D eigenvalue weighted by Crippen LogP contribution is -2.37. The van der Waals surface area contributed by atoms with Crippen molar-refractivity contribution in [2.24, 2.45) is 5.73 Å². The first-order valence-corrected chi connectivity index (χ1v) is 7.93. The summed E-state index contributed by atoms with van der Waals surface area (Å²) in [5.41, 5.74) is 10.6. The van der Waals surface area contributed by atoms with Crippen LogP contribution >= 0.6 is 0 Å². The van der Waals surface area contributed by atoms with Gasteiger partial charge >= 0.3 is 0 Å². The third-order valence-corrected chi connectivity index (χ3v) is 4.75. The number of nitrogens with zero attached hydrogens (tertiary/aromatic N) is 2. The van der Waals surface area contributed by atoms with Gasteiger partial charge in [-0.2, -0.15) is 0 Å². The highest BCUT2D eigenvalue weighted by atomic mass is 16.4. The van der Waals surface area contributed by atoms with Gasteiger partial charge in [0.15, 0.2) is 0 Å². The summed E-state index contributed by atoms with van der Waals surface area (Å²) in [6.07, 6.45) is 1.66. The Morgan fingerprint density at radius 3 is 2.13 bits per heavy atom. The molecule has 0 saturated heterocycles. The second-order valence-electron chi connectivity index (χ2n) is 6.06. The zero-order chi connectivity index (χ0) is 15.9. The second kappa shape index (κ2) is 5.32. The molecular formula is C19H19N3O. The molecule has 0 spiro atoms. The third kappa shape index (κ3) is 2.02. The molecule has 0 amide bonds. The molecule has 0 atom stereocenters. The number of aryl methyl sites for hydroxylation is 1. The fraction of sp³-hybridized carbons (Fsp3) is 0.263. The van der Waals surface area contributed by atoms with Gasteiger partial charge < -0.3 is 10.2 Å². The molecule has 1 heterocycles. The Bertz CT molecular complexity index is 808. The minimum absolute atomic E-state index is 0.457. The van der Waals surface area contributed by atoms with E-state index in [1.807, 2.05) is 6.92 Å². The molecule has 4 rings (SSSR count). The minimum atomic E-state index is -0.457. The molecule has 0 aliphatic heterocycles. The van der Waals surface area contributed by atoms with Crippen molar-refractivity contribution in [3.8, 4) is 0 Å². The molecule has 3 aromatic rings. The lowest BCUT2D eigenvalue weighted by molar-refractivity contribution is 0.378. The van der Waals surface area contributed by atoms with E-state index in [-0.39, 0.29) is 0 Å². The minimum Gasteiger partial charge on any atom is -0.424 e. The van der Waals surface area contributed by atoms with Crippen molar-refractivity contribution >= 4 is 0 Å². The molecule has 0 fully saturated rings. The lowest BCUT2D eigenvalue weighted by atomic mass is 9.64. The molecule has 0 radical (unpaired) electrons. The zero-order valence-electron chi connectivity index (χ0n) is 13.1. The standard InChI is InChI=1S/C19H19N3O/c1-13-21-22-18(23-13)19(10-11-20)16-8-4-2-6-14(16)12-15-7-3-5-9-17(15)19/h2-9H,10-12,20H2,1H3. The highest BCUT2D eigenvalue weighted by Crippen LogP contribution is 2.47. The topological polar surface area (TPSA) is 64.9 Å². The van der Waals surface area contributed by atoms with Crippen molar-refractivity contribution in [2.75, 3.05) is 6.54 Å². The van der Waals surface area contributed by atoms with Gasteiger partial charge in [0, 0.05) is 6.92 Å². The van der Waals surface area contributed by atoms with Gasteiger partial charge in [-0.05, 0) is 41.6 Å². The van der Waals surface area contributed by atoms with Gasteiger partial charge in [0.25, 0.3) is 0 Å². The number of hydrogen-bond donors (Lipinski definition) is 1. The van der Waals surface area contributed by atoms with Crippen molar-refractivity contribution in [3.05, 3.63) is 82.6 Å². The van der Waals surface area contributed by atoms with Crippen molar-refractivity contribution in [2.45, 2.75) is 25.2 Å². The van der Waals surface area contributed by atoms with Gasteiger partial charge in [0.2, 0.25) is 11.8 Å². The van der Waals surface area contributed by atoms with Crippen molar-refractivity contribution < 1.29 is 4.42 Å². The number of fused-ring (bicyclic) bond motifs is 2. The van der Waals surface area contributed by atoms with Gasteiger partial charge in [-0.15, -0.1) is 10.2 Å². The smallest absolute Gasteiger partial charge is 0.231 e. The van der Waals surface area contributed by atoms with E-state index in [0.717, 1.165) is 12.8 Å². The Hall–Kier alpha value is -2.46. The quantitative estimate of drug-likeness (QED) is 0.808. The van der Waals surface area contributed by atoms with E-state index in [1.54, 1.807) is 0 Å². The van der Waals surface area contributed by atoms with E-state index in [1.165, 1.54) is 22.3 Å². The molecule has 4 heteroatoms. The van der Waals surface area contributed by atoms with E-state index in [0.29, 0.717) is 18.3 Å². The Morgan fingerprint density at radius 1 is 1.00 bits per heavy atom. The first-order chi connectivity index (χ1) is 11.3. The fourth-order valence-corrected chi connectivity index (χ4v) is 3.82. The van der Waals surface area contributed by atoms with Crippen LogP contribution in [0.1, 0.15) is 40.5 Å². The Balaban J connectivity index is 2.08. The third-order valence-electron chi connectivity index (χ3n) is 4.75. The van der Waals surface area contributed by atoms with Crippen molar-refractivity contribution in [1.29, 1.82) is 0 Å². The van der Waals surface area contributed by atoms with Crippen LogP contribution in [-0.4, -0.2) is 16.7 Å². The van der Waals surface area contributed by atoms with Gasteiger partial charge in [-0.25, -0.2) is 0 Å². The molecule has 4 nitrogen and oxygen atoms in total. The van der Waals surface area contributed by atoms with Gasteiger partial charge in [-0.3, -0.25) is 0 Å².